The molecule has 0 heterocycles. The van der Waals surface area contributed by atoms with Gasteiger partial charge in [0.15, 0.2) is 9.84 Å². The second-order valence-corrected chi connectivity index (χ2v) is 6.21. The predicted molar refractivity (Wildman–Crippen MR) is 68.7 cm³/mol. The summed E-state index contributed by atoms with van der Waals surface area (Å²) >= 11 is 5.69. The maximum Gasteiger partial charge on any atom is 0.185 e. The molecule has 2 aromatic carbocycles. The zero-order valence-electron chi connectivity index (χ0n) is 9.31. The van der Waals surface area contributed by atoms with Crippen molar-refractivity contribution in [3.8, 4) is 0 Å². The van der Waals surface area contributed by atoms with Crippen molar-refractivity contribution < 1.29 is 12.8 Å². The van der Waals surface area contributed by atoms with E-state index in [0.717, 1.165) is 12.1 Å². The highest BCUT2D eigenvalue weighted by molar-refractivity contribution is 7.90. The summed E-state index contributed by atoms with van der Waals surface area (Å²) in [7, 11) is -3.73. The van der Waals surface area contributed by atoms with Gasteiger partial charge < -0.3 is 0 Å². The lowest BCUT2D eigenvalue weighted by Crippen LogP contribution is -2.07. The van der Waals surface area contributed by atoms with Gasteiger partial charge in [0.25, 0.3) is 0 Å². The third-order valence-corrected chi connectivity index (χ3v) is 4.36. The average Bonchev–Trinajstić information content (AvgIpc) is 2.33. The second kappa shape index (κ2) is 5.08. The topological polar surface area (TPSA) is 34.1 Å². The maximum absolute atomic E-state index is 13.5. The third kappa shape index (κ3) is 2.89. The normalized spacial score (nSPS) is 11.4. The molecule has 0 N–H and O–H groups in total. The Morgan fingerprint density at radius 3 is 2.39 bits per heavy atom. The van der Waals surface area contributed by atoms with Crippen LogP contribution in [0.1, 0.15) is 5.56 Å². The van der Waals surface area contributed by atoms with Crippen molar-refractivity contribution in [2.75, 3.05) is 0 Å². The van der Waals surface area contributed by atoms with Crippen molar-refractivity contribution in [1.82, 2.24) is 0 Å². The second-order valence-electron chi connectivity index (χ2n) is 3.82. The summed E-state index contributed by atoms with van der Waals surface area (Å²) in [5.74, 6) is -1.03. The molecule has 0 unspecified atom stereocenters. The van der Waals surface area contributed by atoms with Gasteiger partial charge in [-0.3, -0.25) is 0 Å². The summed E-state index contributed by atoms with van der Waals surface area (Å²) in [5.41, 5.74) is 0.608. The van der Waals surface area contributed by atoms with Gasteiger partial charge in [0, 0.05) is 5.02 Å². The number of hydrogen-bond acceptors (Lipinski definition) is 2. The first-order valence-electron chi connectivity index (χ1n) is 5.21. The Labute approximate surface area is 110 Å². The lowest BCUT2D eigenvalue weighted by molar-refractivity contribution is 0.566. The van der Waals surface area contributed by atoms with Crippen LogP contribution in [0.5, 0.6) is 0 Å². The molecule has 2 rings (SSSR count). The lowest BCUT2D eigenvalue weighted by Gasteiger charge is -2.06. The number of sulfone groups is 1. The predicted octanol–water partition coefficient (Wildman–Crippen LogP) is 3.45. The fourth-order valence-electron chi connectivity index (χ4n) is 1.59. The molecular weight excluding hydrogens is 275 g/mol. The van der Waals surface area contributed by atoms with Crippen LogP contribution in [-0.2, 0) is 15.6 Å². The van der Waals surface area contributed by atoms with Gasteiger partial charge in [-0.2, -0.15) is 0 Å². The number of halogens is 2. The number of rotatable bonds is 3. The molecule has 0 aromatic heterocycles. The maximum atomic E-state index is 13.5. The first-order chi connectivity index (χ1) is 8.49. The van der Waals surface area contributed by atoms with E-state index < -0.39 is 15.7 Å². The van der Waals surface area contributed by atoms with Crippen LogP contribution >= 0.6 is 11.6 Å². The Bertz CT molecular complexity index is 654. The summed E-state index contributed by atoms with van der Waals surface area (Å²) in [5, 5.41) is 0.197. The molecule has 0 spiro atoms. The summed E-state index contributed by atoms with van der Waals surface area (Å²) in [6.07, 6.45) is 0. The van der Waals surface area contributed by atoms with Gasteiger partial charge in [-0.25, -0.2) is 12.8 Å². The minimum absolute atomic E-state index is 0.197. The SMILES string of the molecule is O=S(=O)(Cc1ccccc1)c1cc(Cl)ccc1F. The van der Waals surface area contributed by atoms with Crippen molar-refractivity contribution in [3.05, 3.63) is 64.9 Å². The Balaban J connectivity index is 2.40. The molecule has 2 nitrogen and oxygen atoms in total. The van der Waals surface area contributed by atoms with Gasteiger partial charge in [0.1, 0.15) is 10.7 Å². The van der Waals surface area contributed by atoms with Gasteiger partial charge in [-0.15, -0.1) is 0 Å². The van der Waals surface area contributed by atoms with Gasteiger partial charge in [0.2, 0.25) is 0 Å². The molecule has 5 heteroatoms. The molecule has 0 radical (unpaired) electrons. The molecule has 0 fully saturated rings. The zero-order chi connectivity index (χ0) is 13.2. The van der Waals surface area contributed by atoms with Crippen molar-refractivity contribution in [3.63, 3.8) is 0 Å². The molecule has 2 aromatic rings. The quantitative estimate of drug-likeness (QED) is 0.865. The fraction of sp³-hybridized carbons (Fsp3) is 0.0769. The van der Waals surface area contributed by atoms with Gasteiger partial charge in [-0.05, 0) is 23.8 Å². The largest absolute Gasteiger partial charge is 0.223 e. The summed E-state index contributed by atoms with van der Waals surface area (Å²) < 4.78 is 37.7. The van der Waals surface area contributed by atoms with Crippen molar-refractivity contribution in [2.45, 2.75) is 10.6 Å². The van der Waals surface area contributed by atoms with Crippen LogP contribution in [0.4, 0.5) is 4.39 Å². The summed E-state index contributed by atoms with van der Waals surface area (Å²) in [6.45, 7) is 0. The molecule has 94 valence electrons. The molecule has 0 aliphatic heterocycles. The van der Waals surface area contributed by atoms with Crippen LogP contribution in [-0.4, -0.2) is 8.42 Å². The van der Waals surface area contributed by atoms with Gasteiger partial charge >= 0.3 is 0 Å². The molecular formula is C13H10ClFO2S. The highest BCUT2D eigenvalue weighted by atomic mass is 35.5. The monoisotopic (exact) mass is 284 g/mol. The molecule has 0 bridgehead atoms. The van der Waals surface area contributed by atoms with Crippen LogP contribution in [0.25, 0.3) is 0 Å². The third-order valence-electron chi connectivity index (χ3n) is 2.43. The smallest absolute Gasteiger partial charge is 0.185 e. The van der Waals surface area contributed by atoms with Gasteiger partial charge in [0.05, 0.1) is 5.75 Å². The van der Waals surface area contributed by atoms with Crippen LogP contribution in [0.3, 0.4) is 0 Å². The van der Waals surface area contributed by atoms with E-state index in [9.17, 15) is 12.8 Å². The Hall–Kier alpha value is -1.39. The summed E-state index contributed by atoms with van der Waals surface area (Å²) in [6, 6.07) is 12.1. The zero-order valence-corrected chi connectivity index (χ0v) is 10.9. The number of benzene rings is 2. The molecule has 0 saturated carbocycles. The van der Waals surface area contributed by atoms with E-state index in [1.165, 1.54) is 6.07 Å². The minimum atomic E-state index is -3.73. The van der Waals surface area contributed by atoms with Gasteiger partial charge in [-0.1, -0.05) is 41.9 Å². The molecule has 0 aliphatic carbocycles. The van der Waals surface area contributed by atoms with Crippen LogP contribution in [0, 0.1) is 5.82 Å². The fourth-order valence-corrected chi connectivity index (χ4v) is 3.28. The first-order valence-corrected chi connectivity index (χ1v) is 7.24. The van der Waals surface area contributed by atoms with E-state index in [0.29, 0.717) is 5.56 Å². The van der Waals surface area contributed by atoms with Crippen LogP contribution in [0.15, 0.2) is 53.4 Å². The number of hydrogen-bond donors (Lipinski definition) is 0. The van der Waals surface area contributed by atoms with Crippen molar-refractivity contribution >= 4 is 21.4 Å². The highest BCUT2D eigenvalue weighted by Crippen LogP contribution is 2.23. The minimum Gasteiger partial charge on any atom is -0.223 e. The van der Waals surface area contributed by atoms with Crippen LogP contribution in [0.2, 0.25) is 5.02 Å². The molecule has 0 aliphatic rings. The van der Waals surface area contributed by atoms with E-state index in [2.05, 4.69) is 0 Å². The van der Waals surface area contributed by atoms with E-state index in [1.807, 2.05) is 0 Å². The Kier molecular flexibility index (Phi) is 3.68. The summed E-state index contributed by atoms with van der Waals surface area (Å²) in [4.78, 5) is -0.362. The molecule has 18 heavy (non-hydrogen) atoms. The molecule has 0 amide bonds. The lowest BCUT2D eigenvalue weighted by atomic mass is 10.2. The van der Waals surface area contributed by atoms with E-state index in [4.69, 9.17) is 11.6 Å². The first kappa shape index (κ1) is 13.1. The van der Waals surface area contributed by atoms with E-state index in [1.54, 1.807) is 30.3 Å². The van der Waals surface area contributed by atoms with Crippen molar-refractivity contribution in [1.29, 1.82) is 0 Å². The highest BCUT2D eigenvalue weighted by Gasteiger charge is 2.20. The van der Waals surface area contributed by atoms with Crippen LogP contribution < -0.4 is 0 Å². The van der Waals surface area contributed by atoms with E-state index in [-0.39, 0.29) is 15.7 Å². The standard InChI is InChI=1S/C13H10ClFO2S/c14-11-6-7-12(15)13(8-11)18(16,17)9-10-4-2-1-3-5-10/h1-8H,9H2. The Morgan fingerprint density at radius 2 is 1.72 bits per heavy atom. The molecule has 0 atom stereocenters. The Morgan fingerprint density at radius 1 is 1.06 bits per heavy atom. The molecule has 0 saturated heterocycles. The average molecular weight is 285 g/mol. The van der Waals surface area contributed by atoms with E-state index >= 15 is 0 Å². The van der Waals surface area contributed by atoms with Crippen molar-refractivity contribution in [2.24, 2.45) is 0 Å².